The van der Waals surface area contributed by atoms with Crippen molar-refractivity contribution >= 4 is 32.8 Å². The molecule has 0 fully saturated rings. The maximum absolute atomic E-state index is 11.7. The fraction of sp³-hybridized carbons (Fsp3) is 0.250. The van der Waals surface area contributed by atoms with Crippen LogP contribution in [0.5, 0.6) is 0 Å². The van der Waals surface area contributed by atoms with Crippen molar-refractivity contribution in [2.45, 2.75) is 13.8 Å². The molecular weight excluding hydrogens is 270 g/mol. The number of carbonyl (C=O) groups excluding carboxylic acids is 1. The molecule has 0 saturated heterocycles. The van der Waals surface area contributed by atoms with E-state index >= 15 is 0 Å². The number of aromatic amines is 1. The van der Waals surface area contributed by atoms with Crippen LogP contribution in [0.1, 0.15) is 23.0 Å². The second kappa shape index (κ2) is 4.29. The van der Waals surface area contributed by atoms with Crippen molar-refractivity contribution in [2.24, 2.45) is 0 Å². The van der Waals surface area contributed by atoms with E-state index in [1.54, 1.807) is 6.92 Å². The summed E-state index contributed by atoms with van der Waals surface area (Å²) in [5.74, 6) is -0.303. The normalized spacial score (nSPS) is 10.7. The number of carbonyl (C=O) groups is 1. The zero-order valence-electron chi connectivity index (χ0n) is 9.13. The van der Waals surface area contributed by atoms with Crippen LogP contribution >= 0.6 is 15.9 Å². The van der Waals surface area contributed by atoms with Crippen molar-refractivity contribution in [1.29, 1.82) is 0 Å². The molecule has 16 heavy (non-hydrogen) atoms. The summed E-state index contributed by atoms with van der Waals surface area (Å²) in [4.78, 5) is 14.8. The third-order valence-corrected chi connectivity index (χ3v) is 3.16. The minimum absolute atomic E-state index is 0.303. The van der Waals surface area contributed by atoms with Crippen molar-refractivity contribution in [3.05, 3.63) is 33.9 Å². The molecule has 3 nitrogen and oxygen atoms in total. The predicted octanol–water partition coefficient (Wildman–Crippen LogP) is 3.42. The third kappa shape index (κ3) is 1.73. The Morgan fingerprint density at radius 2 is 2.25 bits per heavy atom. The highest BCUT2D eigenvalue weighted by molar-refractivity contribution is 9.10. The molecule has 0 unspecified atom stereocenters. The molecule has 0 amide bonds. The highest BCUT2D eigenvalue weighted by atomic mass is 79.9. The number of nitrogens with one attached hydrogen (secondary N) is 1. The molecule has 84 valence electrons. The zero-order valence-corrected chi connectivity index (χ0v) is 10.7. The van der Waals surface area contributed by atoms with Gasteiger partial charge in [-0.15, -0.1) is 0 Å². The molecule has 2 rings (SSSR count). The molecule has 1 aromatic heterocycles. The van der Waals surface area contributed by atoms with Crippen LogP contribution < -0.4 is 0 Å². The fourth-order valence-electron chi connectivity index (χ4n) is 1.77. The van der Waals surface area contributed by atoms with E-state index in [1.807, 2.05) is 25.1 Å². The van der Waals surface area contributed by atoms with Gasteiger partial charge in [-0.2, -0.15) is 0 Å². The van der Waals surface area contributed by atoms with E-state index in [9.17, 15) is 4.79 Å². The summed E-state index contributed by atoms with van der Waals surface area (Å²) in [5.41, 5.74) is 2.39. The molecule has 4 heteroatoms. The lowest BCUT2D eigenvalue weighted by Gasteiger charge is -1.99. The zero-order chi connectivity index (χ0) is 11.7. The van der Waals surface area contributed by atoms with Gasteiger partial charge in [-0.1, -0.05) is 22.0 Å². The first-order chi connectivity index (χ1) is 7.65. The van der Waals surface area contributed by atoms with Crippen LogP contribution in [-0.4, -0.2) is 17.6 Å². The Morgan fingerprint density at radius 3 is 2.88 bits per heavy atom. The van der Waals surface area contributed by atoms with Crippen molar-refractivity contribution in [2.75, 3.05) is 6.61 Å². The first-order valence-electron chi connectivity index (χ1n) is 5.09. The number of ether oxygens (including phenoxy) is 1. The van der Waals surface area contributed by atoms with Crippen LogP contribution in [0.4, 0.5) is 0 Å². The van der Waals surface area contributed by atoms with Crippen molar-refractivity contribution < 1.29 is 9.53 Å². The van der Waals surface area contributed by atoms with Gasteiger partial charge in [0.05, 0.1) is 6.61 Å². The van der Waals surface area contributed by atoms with E-state index in [0.29, 0.717) is 12.3 Å². The van der Waals surface area contributed by atoms with Gasteiger partial charge in [-0.25, -0.2) is 4.79 Å². The number of aryl methyl sites for hydroxylation is 1. The van der Waals surface area contributed by atoms with Gasteiger partial charge in [0.1, 0.15) is 5.69 Å². The Balaban J connectivity index is 2.61. The van der Waals surface area contributed by atoms with Crippen LogP contribution in [0.25, 0.3) is 10.9 Å². The average molecular weight is 282 g/mol. The number of esters is 1. The van der Waals surface area contributed by atoms with Crippen molar-refractivity contribution in [1.82, 2.24) is 4.98 Å². The van der Waals surface area contributed by atoms with Crippen LogP contribution in [0, 0.1) is 6.92 Å². The minimum Gasteiger partial charge on any atom is -0.461 e. The van der Waals surface area contributed by atoms with Gasteiger partial charge in [-0.05, 0) is 31.5 Å². The van der Waals surface area contributed by atoms with Gasteiger partial charge in [0.2, 0.25) is 0 Å². The molecule has 0 aliphatic heterocycles. The molecule has 0 bridgehead atoms. The Morgan fingerprint density at radius 1 is 1.50 bits per heavy atom. The molecule has 0 atom stereocenters. The van der Waals surface area contributed by atoms with Gasteiger partial charge in [0.15, 0.2) is 0 Å². The van der Waals surface area contributed by atoms with Gasteiger partial charge in [0.25, 0.3) is 0 Å². The van der Waals surface area contributed by atoms with E-state index in [2.05, 4.69) is 20.9 Å². The number of aromatic nitrogens is 1. The van der Waals surface area contributed by atoms with E-state index in [1.165, 1.54) is 0 Å². The second-order valence-corrected chi connectivity index (χ2v) is 4.36. The Bertz CT molecular complexity index is 545. The summed E-state index contributed by atoms with van der Waals surface area (Å²) in [6, 6.07) is 5.82. The topological polar surface area (TPSA) is 42.1 Å². The summed E-state index contributed by atoms with van der Waals surface area (Å²) >= 11 is 3.48. The van der Waals surface area contributed by atoms with Gasteiger partial charge >= 0.3 is 5.97 Å². The lowest BCUT2D eigenvalue weighted by molar-refractivity contribution is 0.0520. The molecule has 0 spiro atoms. The summed E-state index contributed by atoms with van der Waals surface area (Å²) in [6.07, 6.45) is 0. The molecule has 2 aromatic rings. The van der Waals surface area contributed by atoms with Crippen molar-refractivity contribution in [3.8, 4) is 0 Å². The SMILES string of the molecule is CCOC(=O)c1[nH]c2cccc(Br)c2c1C. The highest BCUT2D eigenvalue weighted by Gasteiger charge is 2.16. The molecule has 1 heterocycles. The minimum atomic E-state index is -0.303. The number of hydrogen-bond donors (Lipinski definition) is 1. The Labute approximate surface area is 102 Å². The molecule has 0 saturated carbocycles. The molecule has 0 aliphatic carbocycles. The Hall–Kier alpha value is -1.29. The van der Waals surface area contributed by atoms with Crippen LogP contribution in [-0.2, 0) is 4.74 Å². The van der Waals surface area contributed by atoms with E-state index in [4.69, 9.17) is 4.74 Å². The van der Waals surface area contributed by atoms with Crippen LogP contribution in [0.2, 0.25) is 0 Å². The average Bonchev–Trinajstić information content (AvgIpc) is 2.58. The quantitative estimate of drug-likeness (QED) is 0.857. The van der Waals surface area contributed by atoms with Gasteiger partial charge in [0, 0.05) is 15.4 Å². The number of H-pyrrole nitrogens is 1. The van der Waals surface area contributed by atoms with Gasteiger partial charge < -0.3 is 9.72 Å². The summed E-state index contributed by atoms with van der Waals surface area (Å²) in [6.45, 7) is 4.09. The lowest BCUT2D eigenvalue weighted by atomic mass is 10.1. The van der Waals surface area contributed by atoms with E-state index in [0.717, 1.165) is 20.9 Å². The molecule has 0 aliphatic rings. The molecule has 1 aromatic carbocycles. The van der Waals surface area contributed by atoms with Crippen molar-refractivity contribution in [3.63, 3.8) is 0 Å². The number of rotatable bonds is 2. The second-order valence-electron chi connectivity index (χ2n) is 3.51. The molecular formula is C12H12BrNO2. The monoisotopic (exact) mass is 281 g/mol. The maximum atomic E-state index is 11.7. The first kappa shape index (κ1) is 11.2. The summed E-state index contributed by atoms with van der Waals surface area (Å²) < 4.78 is 5.97. The van der Waals surface area contributed by atoms with E-state index in [-0.39, 0.29) is 5.97 Å². The summed E-state index contributed by atoms with van der Waals surface area (Å²) in [7, 11) is 0. The standard InChI is InChI=1S/C12H12BrNO2/c1-3-16-12(15)11-7(2)10-8(13)5-4-6-9(10)14-11/h4-6,14H,3H2,1-2H3. The molecule has 0 radical (unpaired) electrons. The number of benzene rings is 1. The van der Waals surface area contributed by atoms with Crippen LogP contribution in [0.3, 0.4) is 0 Å². The largest absolute Gasteiger partial charge is 0.461 e. The summed E-state index contributed by atoms with van der Waals surface area (Å²) in [5, 5.41) is 1.03. The molecule has 1 N–H and O–H groups in total. The van der Waals surface area contributed by atoms with Crippen LogP contribution in [0.15, 0.2) is 22.7 Å². The smallest absolute Gasteiger partial charge is 0.355 e. The predicted molar refractivity (Wildman–Crippen MR) is 66.7 cm³/mol. The van der Waals surface area contributed by atoms with E-state index < -0.39 is 0 Å². The fourth-order valence-corrected chi connectivity index (χ4v) is 2.43. The van der Waals surface area contributed by atoms with Gasteiger partial charge in [-0.3, -0.25) is 0 Å². The maximum Gasteiger partial charge on any atom is 0.355 e. The third-order valence-electron chi connectivity index (χ3n) is 2.50. The highest BCUT2D eigenvalue weighted by Crippen LogP contribution is 2.29. The number of halogens is 1. The number of hydrogen-bond acceptors (Lipinski definition) is 2. The Kier molecular flexibility index (Phi) is 3.01. The lowest BCUT2D eigenvalue weighted by Crippen LogP contribution is -2.06. The first-order valence-corrected chi connectivity index (χ1v) is 5.88. The number of fused-ring (bicyclic) bond motifs is 1.